The average Bonchev–Trinajstić information content (AvgIpc) is 2.51. The highest BCUT2D eigenvalue weighted by Crippen LogP contribution is 2.36. The van der Waals surface area contributed by atoms with Gasteiger partial charge >= 0.3 is 11.9 Å². The van der Waals surface area contributed by atoms with Crippen molar-refractivity contribution >= 4 is 17.8 Å². The Morgan fingerprint density at radius 1 is 0.963 bits per heavy atom. The number of ether oxygens (including phenoxy) is 2. The van der Waals surface area contributed by atoms with Crippen molar-refractivity contribution in [1.29, 1.82) is 0 Å². The van der Waals surface area contributed by atoms with Crippen LogP contribution in [0.15, 0.2) is 0 Å². The molecule has 0 fully saturated rings. The number of esters is 2. The number of hydrazine groups is 1. The fourth-order valence-electron chi connectivity index (χ4n) is 2.94. The molecule has 0 bridgehead atoms. The first kappa shape index (κ1) is 25.4. The van der Waals surface area contributed by atoms with E-state index in [1.165, 1.54) is 6.92 Å². The molecule has 0 aliphatic heterocycles. The fraction of sp³-hybridized carbons (Fsp3) is 0.850. The third kappa shape index (κ3) is 13.2. The highest BCUT2D eigenvalue weighted by Gasteiger charge is 2.31. The molecule has 2 unspecified atom stereocenters. The molecule has 1 amide bonds. The van der Waals surface area contributed by atoms with Gasteiger partial charge in [-0.05, 0) is 35.5 Å². The molecule has 7 nitrogen and oxygen atoms in total. The Morgan fingerprint density at radius 2 is 1.56 bits per heavy atom. The number of carbonyl (C=O) groups is 3. The Kier molecular flexibility index (Phi) is 10.6. The van der Waals surface area contributed by atoms with E-state index in [9.17, 15) is 14.4 Å². The zero-order valence-corrected chi connectivity index (χ0v) is 18.0. The molecule has 0 aromatic heterocycles. The quantitative estimate of drug-likeness (QED) is 0.259. The molecule has 7 heteroatoms. The van der Waals surface area contributed by atoms with Crippen LogP contribution in [0.1, 0.15) is 74.1 Å². The van der Waals surface area contributed by atoms with E-state index in [2.05, 4.69) is 41.5 Å². The van der Waals surface area contributed by atoms with Gasteiger partial charge in [0.15, 0.2) is 0 Å². The standard InChI is InChI=1S/C20H38N2O5/c1-14(23)26-13-16(20(5,6)7)10-15(11-19(2,3)4)12-27-18(25)9-8-17(24)22-21/h15-16H,8-13,21H2,1-7H3,(H,22,24). The van der Waals surface area contributed by atoms with E-state index < -0.39 is 11.9 Å². The van der Waals surface area contributed by atoms with Crippen molar-refractivity contribution in [3.8, 4) is 0 Å². The van der Waals surface area contributed by atoms with Gasteiger partial charge in [-0.15, -0.1) is 0 Å². The van der Waals surface area contributed by atoms with Crippen LogP contribution in [-0.4, -0.2) is 31.1 Å². The number of rotatable bonds is 10. The van der Waals surface area contributed by atoms with Crippen molar-refractivity contribution < 1.29 is 23.9 Å². The van der Waals surface area contributed by atoms with Gasteiger partial charge < -0.3 is 9.47 Å². The summed E-state index contributed by atoms with van der Waals surface area (Å²) in [7, 11) is 0. The number of nitrogens with one attached hydrogen (secondary N) is 1. The molecular weight excluding hydrogens is 348 g/mol. The molecule has 0 aliphatic carbocycles. The minimum absolute atomic E-state index is 0.00141. The SMILES string of the molecule is CC(=O)OCC(CC(COC(=O)CCC(=O)NN)CC(C)(C)C)C(C)(C)C. The van der Waals surface area contributed by atoms with E-state index >= 15 is 0 Å². The molecule has 0 aromatic rings. The van der Waals surface area contributed by atoms with Crippen molar-refractivity contribution in [3.63, 3.8) is 0 Å². The molecule has 0 heterocycles. The first-order valence-electron chi connectivity index (χ1n) is 9.53. The second-order valence-corrected chi connectivity index (χ2v) is 9.48. The molecular formula is C20H38N2O5. The van der Waals surface area contributed by atoms with Crippen LogP contribution in [0, 0.1) is 22.7 Å². The van der Waals surface area contributed by atoms with E-state index in [-0.39, 0.29) is 48.1 Å². The summed E-state index contributed by atoms with van der Waals surface area (Å²) in [6.45, 7) is 14.8. The molecule has 0 rings (SSSR count). The number of hydrogen-bond acceptors (Lipinski definition) is 6. The summed E-state index contributed by atoms with van der Waals surface area (Å²) in [5.74, 6) is 4.19. The van der Waals surface area contributed by atoms with Crippen LogP contribution in [0.3, 0.4) is 0 Å². The van der Waals surface area contributed by atoms with Crippen LogP contribution in [0.5, 0.6) is 0 Å². The van der Waals surface area contributed by atoms with Crippen molar-refractivity contribution in [2.75, 3.05) is 13.2 Å². The van der Waals surface area contributed by atoms with E-state index in [0.717, 1.165) is 12.8 Å². The number of hydrogen-bond donors (Lipinski definition) is 2. The van der Waals surface area contributed by atoms with E-state index in [1.807, 2.05) is 5.43 Å². The molecule has 2 atom stereocenters. The average molecular weight is 387 g/mol. The van der Waals surface area contributed by atoms with Crippen molar-refractivity contribution in [1.82, 2.24) is 5.43 Å². The van der Waals surface area contributed by atoms with Gasteiger partial charge in [-0.3, -0.25) is 19.8 Å². The smallest absolute Gasteiger partial charge is 0.306 e. The lowest BCUT2D eigenvalue weighted by molar-refractivity contribution is -0.147. The van der Waals surface area contributed by atoms with Crippen LogP contribution in [0.4, 0.5) is 0 Å². The summed E-state index contributed by atoms with van der Waals surface area (Å²) in [6.07, 6.45) is 1.67. The Hall–Kier alpha value is -1.63. The third-order valence-electron chi connectivity index (χ3n) is 4.43. The lowest BCUT2D eigenvalue weighted by Crippen LogP contribution is -2.32. The zero-order valence-electron chi connectivity index (χ0n) is 18.0. The summed E-state index contributed by atoms with van der Waals surface area (Å²) >= 11 is 0. The molecule has 0 saturated carbocycles. The van der Waals surface area contributed by atoms with Crippen LogP contribution in [-0.2, 0) is 23.9 Å². The molecule has 0 radical (unpaired) electrons. The van der Waals surface area contributed by atoms with Gasteiger partial charge in [0.1, 0.15) is 0 Å². The third-order valence-corrected chi connectivity index (χ3v) is 4.43. The number of nitrogens with two attached hydrogens (primary N) is 1. The Labute approximate surface area is 163 Å². The molecule has 3 N–H and O–H groups in total. The largest absolute Gasteiger partial charge is 0.466 e. The van der Waals surface area contributed by atoms with Crippen molar-refractivity contribution in [2.24, 2.45) is 28.5 Å². The minimum Gasteiger partial charge on any atom is -0.466 e. The van der Waals surface area contributed by atoms with Gasteiger partial charge in [0.25, 0.3) is 0 Å². The first-order valence-corrected chi connectivity index (χ1v) is 9.53. The zero-order chi connectivity index (χ0) is 21.3. The monoisotopic (exact) mass is 386 g/mol. The van der Waals surface area contributed by atoms with Gasteiger partial charge in [0.2, 0.25) is 5.91 Å². The summed E-state index contributed by atoms with van der Waals surface area (Å²) in [5.41, 5.74) is 2.02. The molecule has 0 saturated heterocycles. The molecule has 27 heavy (non-hydrogen) atoms. The Morgan fingerprint density at radius 3 is 2.00 bits per heavy atom. The second-order valence-electron chi connectivity index (χ2n) is 9.48. The topological polar surface area (TPSA) is 108 Å². The number of carbonyl (C=O) groups excluding carboxylic acids is 3. The number of amides is 1. The molecule has 0 aromatic carbocycles. The lowest BCUT2D eigenvalue weighted by atomic mass is 9.73. The predicted molar refractivity (Wildman–Crippen MR) is 104 cm³/mol. The minimum atomic E-state index is -0.412. The van der Waals surface area contributed by atoms with E-state index in [0.29, 0.717) is 6.61 Å². The lowest BCUT2D eigenvalue weighted by Gasteiger charge is -2.35. The van der Waals surface area contributed by atoms with Gasteiger partial charge in [-0.1, -0.05) is 41.5 Å². The molecule has 0 aliphatic rings. The maximum absolute atomic E-state index is 11.9. The van der Waals surface area contributed by atoms with Gasteiger partial charge in [0, 0.05) is 13.3 Å². The maximum Gasteiger partial charge on any atom is 0.306 e. The summed E-state index contributed by atoms with van der Waals surface area (Å²) in [4.78, 5) is 34.3. The summed E-state index contributed by atoms with van der Waals surface area (Å²) in [5, 5.41) is 0. The highest BCUT2D eigenvalue weighted by molar-refractivity contribution is 5.80. The summed E-state index contributed by atoms with van der Waals surface area (Å²) in [6, 6.07) is 0. The van der Waals surface area contributed by atoms with E-state index in [1.54, 1.807) is 0 Å². The van der Waals surface area contributed by atoms with Crippen molar-refractivity contribution in [2.45, 2.75) is 74.1 Å². The fourth-order valence-corrected chi connectivity index (χ4v) is 2.94. The molecule has 0 spiro atoms. The normalized spacial score (nSPS) is 14.2. The van der Waals surface area contributed by atoms with E-state index in [4.69, 9.17) is 15.3 Å². The first-order chi connectivity index (χ1) is 12.2. The summed E-state index contributed by atoms with van der Waals surface area (Å²) < 4.78 is 10.7. The van der Waals surface area contributed by atoms with Crippen LogP contribution in [0.25, 0.3) is 0 Å². The Balaban J connectivity index is 4.92. The Bertz CT molecular complexity index is 492. The van der Waals surface area contributed by atoms with Crippen LogP contribution in [0.2, 0.25) is 0 Å². The highest BCUT2D eigenvalue weighted by atomic mass is 16.5. The van der Waals surface area contributed by atoms with Crippen LogP contribution >= 0.6 is 0 Å². The molecule has 158 valence electrons. The predicted octanol–water partition coefficient (Wildman–Crippen LogP) is 2.97. The van der Waals surface area contributed by atoms with Crippen molar-refractivity contribution in [3.05, 3.63) is 0 Å². The van der Waals surface area contributed by atoms with Gasteiger partial charge in [0.05, 0.1) is 19.6 Å². The maximum atomic E-state index is 11.9. The second kappa shape index (κ2) is 11.3. The van der Waals surface area contributed by atoms with Gasteiger partial charge in [-0.2, -0.15) is 0 Å². The van der Waals surface area contributed by atoms with Crippen LogP contribution < -0.4 is 11.3 Å². The van der Waals surface area contributed by atoms with Gasteiger partial charge in [-0.25, -0.2) is 5.84 Å².